The van der Waals surface area contributed by atoms with Gasteiger partial charge in [-0.2, -0.15) is 0 Å². The van der Waals surface area contributed by atoms with Crippen LogP contribution < -0.4 is 0 Å². The first-order valence-electron chi connectivity index (χ1n) is 6.11. The Bertz CT molecular complexity index is 259. The second-order valence-corrected chi connectivity index (χ2v) is 6.17. The molecule has 0 amide bonds. The second-order valence-electron chi connectivity index (χ2n) is 6.17. The average Bonchev–Trinajstić information content (AvgIpc) is 2.57. The van der Waals surface area contributed by atoms with Crippen LogP contribution in [0.15, 0.2) is 0 Å². The van der Waals surface area contributed by atoms with Gasteiger partial charge in [-0.05, 0) is 43.4 Å². The molecule has 2 heteroatoms. The van der Waals surface area contributed by atoms with Gasteiger partial charge in [-0.25, -0.2) is 0 Å². The van der Waals surface area contributed by atoms with Crippen LogP contribution >= 0.6 is 0 Å². The standard InChI is InChI=1S/C13H22O2/c1-10-8-12(2,3)6-7-13(10)5-4-11(9-14)15-13/h9-11H,4-8H2,1-3H3. The summed E-state index contributed by atoms with van der Waals surface area (Å²) in [6.07, 6.45) is 6.42. The van der Waals surface area contributed by atoms with E-state index >= 15 is 0 Å². The Balaban J connectivity index is 2.08. The predicted octanol–water partition coefficient (Wildman–Crippen LogP) is 2.95. The van der Waals surface area contributed by atoms with Crippen molar-refractivity contribution in [1.82, 2.24) is 0 Å². The lowest BCUT2D eigenvalue weighted by Crippen LogP contribution is -2.44. The van der Waals surface area contributed by atoms with E-state index in [0.717, 1.165) is 25.5 Å². The third-order valence-electron chi connectivity index (χ3n) is 4.37. The summed E-state index contributed by atoms with van der Waals surface area (Å²) in [5.41, 5.74) is 0.481. The van der Waals surface area contributed by atoms with E-state index in [4.69, 9.17) is 4.74 Å². The van der Waals surface area contributed by atoms with Gasteiger partial charge in [0.25, 0.3) is 0 Å². The summed E-state index contributed by atoms with van der Waals surface area (Å²) in [5.74, 6) is 0.589. The van der Waals surface area contributed by atoms with Gasteiger partial charge in [-0.3, -0.25) is 0 Å². The fourth-order valence-corrected chi connectivity index (χ4v) is 3.36. The van der Waals surface area contributed by atoms with E-state index in [2.05, 4.69) is 20.8 Å². The third kappa shape index (κ3) is 1.96. The van der Waals surface area contributed by atoms with Crippen LogP contribution in [0.1, 0.15) is 52.9 Å². The van der Waals surface area contributed by atoms with Crippen molar-refractivity contribution in [3.05, 3.63) is 0 Å². The first-order valence-corrected chi connectivity index (χ1v) is 6.11. The molecule has 1 heterocycles. The molecule has 0 aromatic rings. The van der Waals surface area contributed by atoms with Crippen LogP contribution in [0.5, 0.6) is 0 Å². The van der Waals surface area contributed by atoms with E-state index in [1.807, 2.05) is 0 Å². The minimum atomic E-state index is -0.131. The summed E-state index contributed by atoms with van der Waals surface area (Å²) in [4.78, 5) is 10.7. The van der Waals surface area contributed by atoms with Crippen molar-refractivity contribution >= 4 is 6.29 Å². The number of aldehydes is 1. The molecule has 1 aliphatic heterocycles. The Morgan fingerprint density at radius 1 is 1.27 bits per heavy atom. The van der Waals surface area contributed by atoms with Gasteiger partial charge >= 0.3 is 0 Å². The molecule has 2 fully saturated rings. The van der Waals surface area contributed by atoms with Crippen LogP contribution in [0.4, 0.5) is 0 Å². The molecule has 1 saturated carbocycles. The number of hydrogen-bond acceptors (Lipinski definition) is 2. The molecule has 2 nitrogen and oxygen atoms in total. The highest BCUT2D eigenvalue weighted by molar-refractivity contribution is 5.56. The number of hydrogen-bond donors (Lipinski definition) is 0. The SMILES string of the molecule is CC1CC(C)(C)CCC12CCC(C=O)O2. The van der Waals surface area contributed by atoms with Crippen LogP contribution in [-0.2, 0) is 9.53 Å². The normalized spacial score (nSPS) is 44.5. The van der Waals surface area contributed by atoms with Gasteiger partial charge < -0.3 is 9.53 Å². The number of ether oxygens (including phenoxy) is 1. The molecule has 0 bridgehead atoms. The molecule has 3 unspecified atom stereocenters. The van der Waals surface area contributed by atoms with E-state index in [-0.39, 0.29) is 11.7 Å². The van der Waals surface area contributed by atoms with Crippen molar-refractivity contribution in [3.63, 3.8) is 0 Å². The molecule has 1 saturated heterocycles. The van der Waals surface area contributed by atoms with E-state index in [1.54, 1.807) is 0 Å². The molecule has 0 N–H and O–H groups in total. The van der Waals surface area contributed by atoms with Gasteiger partial charge in [-0.1, -0.05) is 20.8 Å². The Morgan fingerprint density at radius 3 is 2.53 bits per heavy atom. The number of carbonyl (C=O) groups excluding carboxylic acids is 1. The lowest BCUT2D eigenvalue weighted by atomic mass is 9.65. The summed E-state index contributed by atoms with van der Waals surface area (Å²) < 4.78 is 5.98. The Kier molecular flexibility index (Phi) is 2.66. The highest BCUT2D eigenvalue weighted by Gasteiger charge is 2.48. The average molecular weight is 210 g/mol. The Labute approximate surface area is 92.4 Å². The maximum absolute atomic E-state index is 10.7. The maximum Gasteiger partial charge on any atom is 0.148 e. The zero-order valence-electron chi connectivity index (χ0n) is 10.1. The molecular formula is C13H22O2. The fourth-order valence-electron chi connectivity index (χ4n) is 3.36. The first kappa shape index (κ1) is 11.1. The van der Waals surface area contributed by atoms with Crippen LogP contribution in [0.3, 0.4) is 0 Å². The minimum absolute atomic E-state index is 0.0289. The minimum Gasteiger partial charge on any atom is -0.364 e. The quantitative estimate of drug-likeness (QED) is 0.622. The summed E-state index contributed by atoms with van der Waals surface area (Å²) in [6, 6.07) is 0. The van der Waals surface area contributed by atoms with Crippen LogP contribution in [-0.4, -0.2) is 18.0 Å². The molecule has 1 spiro atoms. The van der Waals surface area contributed by atoms with Gasteiger partial charge in [0.2, 0.25) is 0 Å². The number of carbonyl (C=O) groups is 1. The van der Waals surface area contributed by atoms with Crippen molar-refractivity contribution < 1.29 is 9.53 Å². The third-order valence-corrected chi connectivity index (χ3v) is 4.37. The van der Waals surface area contributed by atoms with Gasteiger partial charge in [0.1, 0.15) is 12.4 Å². The summed E-state index contributed by atoms with van der Waals surface area (Å²) in [7, 11) is 0. The van der Waals surface area contributed by atoms with E-state index in [0.29, 0.717) is 11.3 Å². The Hall–Kier alpha value is -0.370. The summed E-state index contributed by atoms with van der Waals surface area (Å²) >= 11 is 0. The first-order chi connectivity index (χ1) is 6.97. The van der Waals surface area contributed by atoms with E-state index in [1.165, 1.54) is 12.8 Å². The second kappa shape index (κ2) is 3.58. The van der Waals surface area contributed by atoms with Crippen molar-refractivity contribution in [3.8, 4) is 0 Å². The molecule has 0 aromatic carbocycles. The van der Waals surface area contributed by atoms with E-state index in [9.17, 15) is 4.79 Å². The molecule has 3 atom stereocenters. The van der Waals surface area contributed by atoms with Crippen molar-refractivity contribution in [2.45, 2.75) is 64.6 Å². The number of rotatable bonds is 1. The van der Waals surface area contributed by atoms with E-state index < -0.39 is 0 Å². The zero-order valence-corrected chi connectivity index (χ0v) is 10.1. The fraction of sp³-hybridized carbons (Fsp3) is 0.923. The molecule has 15 heavy (non-hydrogen) atoms. The Morgan fingerprint density at radius 2 is 2.00 bits per heavy atom. The topological polar surface area (TPSA) is 26.3 Å². The molecular weight excluding hydrogens is 188 g/mol. The zero-order chi connectivity index (χ0) is 11.1. The highest BCUT2D eigenvalue weighted by atomic mass is 16.5. The summed E-state index contributed by atoms with van der Waals surface area (Å²) in [5, 5.41) is 0. The highest BCUT2D eigenvalue weighted by Crippen LogP contribution is 2.50. The maximum atomic E-state index is 10.7. The molecule has 0 radical (unpaired) electrons. The monoisotopic (exact) mass is 210 g/mol. The largest absolute Gasteiger partial charge is 0.364 e. The van der Waals surface area contributed by atoms with Gasteiger partial charge in [0, 0.05) is 0 Å². The molecule has 2 rings (SSSR count). The van der Waals surface area contributed by atoms with Crippen molar-refractivity contribution in [1.29, 1.82) is 0 Å². The van der Waals surface area contributed by atoms with Gasteiger partial charge in [0.15, 0.2) is 0 Å². The van der Waals surface area contributed by atoms with Crippen molar-refractivity contribution in [2.75, 3.05) is 0 Å². The van der Waals surface area contributed by atoms with Crippen LogP contribution in [0.25, 0.3) is 0 Å². The summed E-state index contributed by atoms with van der Waals surface area (Å²) in [6.45, 7) is 6.96. The molecule has 1 aliphatic carbocycles. The van der Waals surface area contributed by atoms with Gasteiger partial charge in [-0.15, -0.1) is 0 Å². The molecule has 86 valence electrons. The lowest BCUT2D eigenvalue weighted by Gasteiger charge is -2.46. The van der Waals surface area contributed by atoms with Gasteiger partial charge in [0.05, 0.1) is 5.60 Å². The van der Waals surface area contributed by atoms with Crippen LogP contribution in [0, 0.1) is 11.3 Å². The lowest BCUT2D eigenvalue weighted by molar-refractivity contribution is -0.136. The van der Waals surface area contributed by atoms with Crippen molar-refractivity contribution in [2.24, 2.45) is 11.3 Å². The van der Waals surface area contributed by atoms with Crippen LogP contribution in [0.2, 0.25) is 0 Å². The molecule has 0 aromatic heterocycles. The predicted molar refractivity (Wildman–Crippen MR) is 59.7 cm³/mol. The smallest absolute Gasteiger partial charge is 0.148 e. The molecule has 2 aliphatic rings.